The molecule has 3 atom stereocenters. The lowest BCUT2D eigenvalue weighted by atomic mass is 10.2. The lowest BCUT2D eigenvalue weighted by Gasteiger charge is -2.37. The van der Waals surface area contributed by atoms with E-state index in [0.29, 0.717) is 24.4 Å². The number of hydrogen-bond acceptors (Lipinski definition) is 4. The van der Waals surface area contributed by atoms with E-state index in [1.807, 2.05) is 22.7 Å². The van der Waals surface area contributed by atoms with Crippen LogP contribution in [0, 0.1) is 0 Å². The Balaban J connectivity index is 1.76. The van der Waals surface area contributed by atoms with Crippen LogP contribution in [0.25, 0.3) is 0 Å². The molecule has 0 saturated carbocycles. The SMILES string of the molecule is CC1CN(CC(=O)N2CCC(C)Sc3ccccc32)C(C)CO1. The number of carbonyl (C=O) groups excluding carboxylic acids is 1. The fraction of sp³-hybridized carbons (Fsp3) is 0.611. The second kappa shape index (κ2) is 7.24. The Hall–Kier alpha value is -1.04. The van der Waals surface area contributed by atoms with E-state index in [1.165, 1.54) is 4.90 Å². The van der Waals surface area contributed by atoms with Gasteiger partial charge in [-0.2, -0.15) is 0 Å². The van der Waals surface area contributed by atoms with Gasteiger partial charge >= 0.3 is 0 Å². The summed E-state index contributed by atoms with van der Waals surface area (Å²) in [5, 5.41) is 0.538. The van der Waals surface area contributed by atoms with Gasteiger partial charge in [0, 0.05) is 29.3 Å². The van der Waals surface area contributed by atoms with Gasteiger partial charge in [-0.05, 0) is 32.4 Å². The smallest absolute Gasteiger partial charge is 0.241 e. The van der Waals surface area contributed by atoms with Crippen molar-refractivity contribution in [2.75, 3.05) is 31.1 Å². The molecule has 126 valence electrons. The highest BCUT2D eigenvalue weighted by Gasteiger charge is 2.29. The maximum absolute atomic E-state index is 13.0. The van der Waals surface area contributed by atoms with E-state index in [0.717, 1.165) is 25.2 Å². The molecule has 4 nitrogen and oxygen atoms in total. The molecule has 1 amide bonds. The van der Waals surface area contributed by atoms with E-state index in [4.69, 9.17) is 4.74 Å². The first-order valence-corrected chi connectivity index (χ1v) is 9.34. The molecular weight excluding hydrogens is 308 g/mol. The molecule has 5 heteroatoms. The van der Waals surface area contributed by atoms with Crippen molar-refractivity contribution in [1.29, 1.82) is 0 Å². The average Bonchev–Trinajstić information content (AvgIpc) is 2.69. The van der Waals surface area contributed by atoms with Crippen molar-refractivity contribution < 1.29 is 9.53 Å². The normalized spacial score (nSPS) is 29.0. The first-order valence-electron chi connectivity index (χ1n) is 8.46. The minimum Gasteiger partial charge on any atom is -0.376 e. The first kappa shape index (κ1) is 16.8. The average molecular weight is 334 g/mol. The third-order valence-electron chi connectivity index (χ3n) is 4.62. The number of hydrogen-bond donors (Lipinski definition) is 0. The zero-order valence-electron chi connectivity index (χ0n) is 14.2. The van der Waals surface area contributed by atoms with Gasteiger partial charge in [0.2, 0.25) is 5.91 Å². The van der Waals surface area contributed by atoms with Crippen LogP contribution in [0.15, 0.2) is 29.2 Å². The minimum absolute atomic E-state index is 0.200. The van der Waals surface area contributed by atoms with Crippen molar-refractivity contribution in [1.82, 2.24) is 4.90 Å². The Kier molecular flexibility index (Phi) is 5.29. The van der Waals surface area contributed by atoms with E-state index >= 15 is 0 Å². The van der Waals surface area contributed by atoms with Crippen molar-refractivity contribution in [3.8, 4) is 0 Å². The second-order valence-electron chi connectivity index (χ2n) is 6.65. The summed E-state index contributed by atoms with van der Waals surface area (Å²) in [6.45, 7) is 9.25. The molecule has 1 fully saturated rings. The zero-order valence-corrected chi connectivity index (χ0v) is 15.0. The minimum atomic E-state index is 0.200. The van der Waals surface area contributed by atoms with Gasteiger partial charge in [0.15, 0.2) is 0 Å². The molecule has 1 saturated heterocycles. The van der Waals surface area contributed by atoms with Crippen LogP contribution >= 0.6 is 11.8 Å². The summed E-state index contributed by atoms with van der Waals surface area (Å²) in [7, 11) is 0. The van der Waals surface area contributed by atoms with E-state index in [9.17, 15) is 4.79 Å². The van der Waals surface area contributed by atoms with E-state index < -0.39 is 0 Å². The van der Waals surface area contributed by atoms with Crippen LogP contribution in [-0.4, -0.2) is 54.4 Å². The highest BCUT2D eigenvalue weighted by atomic mass is 32.2. The summed E-state index contributed by atoms with van der Waals surface area (Å²) in [6.07, 6.45) is 1.23. The molecular formula is C18H26N2O2S. The third-order valence-corrected chi connectivity index (χ3v) is 5.86. The largest absolute Gasteiger partial charge is 0.376 e. The number of amides is 1. The van der Waals surface area contributed by atoms with E-state index in [1.54, 1.807) is 0 Å². The summed E-state index contributed by atoms with van der Waals surface area (Å²) >= 11 is 1.87. The predicted octanol–water partition coefficient (Wildman–Crippen LogP) is 3.01. The molecule has 0 bridgehead atoms. The molecule has 1 aromatic carbocycles. The van der Waals surface area contributed by atoms with E-state index in [2.05, 4.69) is 43.9 Å². The summed E-state index contributed by atoms with van der Waals surface area (Å²) in [4.78, 5) is 18.4. The molecule has 3 rings (SSSR count). The van der Waals surface area contributed by atoms with Crippen LogP contribution < -0.4 is 4.90 Å². The highest BCUT2D eigenvalue weighted by Crippen LogP contribution is 2.37. The molecule has 0 aromatic heterocycles. The fourth-order valence-corrected chi connectivity index (χ4v) is 4.31. The standard InChI is InChI=1S/C18H26N2O2S/c1-13-12-22-14(2)10-19(13)11-18(21)20-9-8-15(3)23-17-7-5-4-6-16(17)20/h4-7,13-15H,8-12H2,1-3H3. The van der Waals surface area contributed by atoms with Gasteiger partial charge in [-0.1, -0.05) is 19.1 Å². The number of morpholine rings is 1. The Morgan fingerprint density at radius 1 is 1.30 bits per heavy atom. The van der Waals surface area contributed by atoms with Gasteiger partial charge in [0.25, 0.3) is 0 Å². The Morgan fingerprint density at radius 2 is 2.09 bits per heavy atom. The van der Waals surface area contributed by atoms with E-state index in [-0.39, 0.29) is 12.0 Å². The van der Waals surface area contributed by atoms with Crippen molar-refractivity contribution in [3.63, 3.8) is 0 Å². The van der Waals surface area contributed by atoms with Gasteiger partial charge in [0.1, 0.15) is 0 Å². The summed E-state index contributed by atoms with van der Waals surface area (Å²) < 4.78 is 5.67. The Bertz CT molecular complexity index is 566. The molecule has 3 unspecified atom stereocenters. The molecule has 0 aliphatic carbocycles. The summed E-state index contributed by atoms with van der Waals surface area (Å²) in [5.74, 6) is 0.202. The quantitative estimate of drug-likeness (QED) is 0.832. The van der Waals surface area contributed by atoms with Crippen LogP contribution in [0.2, 0.25) is 0 Å². The first-order chi connectivity index (χ1) is 11.0. The third kappa shape index (κ3) is 3.90. The van der Waals surface area contributed by atoms with Gasteiger partial charge in [-0.25, -0.2) is 0 Å². The monoisotopic (exact) mass is 334 g/mol. The van der Waals surface area contributed by atoms with Crippen molar-refractivity contribution >= 4 is 23.4 Å². The number of carbonyl (C=O) groups is 1. The lowest BCUT2D eigenvalue weighted by molar-refractivity contribution is -0.123. The second-order valence-corrected chi connectivity index (χ2v) is 8.13. The molecule has 0 radical (unpaired) electrons. The van der Waals surface area contributed by atoms with Gasteiger partial charge < -0.3 is 9.64 Å². The lowest BCUT2D eigenvalue weighted by Crippen LogP contribution is -2.51. The van der Waals surface area contributed by atoms with Crippen LogP contribution in [0.3, 0.4) is 0 Å². The summed E-state index contributed by atoms with van der Waals surface area (Å²) in [6, 6.07) is 8.57. The number of para-hydroxylation sites is 1. The molecule has 0 N–H and O–H groups in total. The predicted molar refractivity (Wildman–Crippen MR) is 95.2 cm³/mol. The number of fused-ring (bicyclic) bond motifs is 1. The van der Waals surface area contributed by atoms with Crippen LogP contribution in [-0.2, 0) is 9.53 Å². The highest BCUT2D eigenvalue weighted by molar-refractivity contribution is 8.00. The van der Waals surface area contributed by atoms with Gasteiger partial charge in [0.05, 0.1) is 24.9 Å². The molecule has 23 heavy (non-hydrogen) atoms. The van der Waals surface area contributed by atoms with Crippen molar-refractivity contribution in [2.45, 2.75) is 49.5 Å². The number of ether oxygens (including phenoxy) is 1. The summed E-state index contributed by atoms with van der Waals surface area (Å²) in [5.41, 5.74) is 1.07. The number of nitrogens with zero attached hydrogens (tertiary/aromatic N) is 2. The molecule has 1 aromatic rings. The van der Waals surface area contributed by atoms with Gasteiger partial charge in [-0.15, -0.1) is 11.8 Å². The van der Waals surface area contributed by atoms with Crippen LogP contribution in [0.5, 0.6) is 0 Å². The van der Waals surface area contributed by atoms with Crippen molar-refractivity contribution in [3.05, 3.63) is 24.3 Å². The molecule has 2 aliphatic rings. The van der Waals surface area contributed by atoms with Crippen LogP contribution in [0.4, 0.5) is 5.69 Å². The zero-order chi connectivity index (χ0) is 16.4. The Morgan fingerprint density at radius 3 is 2.91 bits per heavy atom. The molecule has 2 aliphatic heterocycles. The van der Waals surface area contributed by atoms with Crippen molar-refractivity contribution in [2.24, 2.45) is 0 Å². The number of anilines is 1. The van der Waals surface area contributed by atoms with Gasteiger partial charge in [-0.3, -0.25) is 9.69 Å². The molecule has 0 spiro atoms. The maximum atomic E-state index is 13.0. The topological polar surface area (TPSA) is 32.8 Å². The van der Waals surface area contributed by atoms with Crippen LogP contribution in [0.1, 0.15) is 27.2 Å². The maximum Gasteiger partial charge on any atom is 0.241 e. The molecule has 2 heterocycles. The number of thioether (sulfide) groups is 1. The fourth-order valence-electron chi connectivity index (χ4n) is 3.20. The number of rotatable bonds is 2. The number of benzene rings is 1. The Labute approximate surface area is 143 Å².